The van der Waals surface area contributed by atoms with E-state index in [1.165, 1.54) is 38.5 Å². The zero-order chi connectivity index (χ0) is 16.1. The summed E-state index contributed by atoms with van der Waals surface area (Å²) in [5, 5.41) is 0. The van der Waals surface area contributed by atoms with Gasteiger partial charge in [0.25, 0.3) is 0 Å². The molecule has 0 rings (SSSR count). The van der Waals surface area contributed by atoms with Crippen LogP contribution in [0.3, 0.4) is 0 Å². The highest BCUT2D eigenvalue weighted by Gasteiger charge is 2.09. The van der Waals surface area contributed by atoms with Gasteiger partial charge in [0, 0.05) is 6.42 Å². The summed E-state index contributed by atoms with van der Waals surface area (Å²) in [6.07, 6.45) is 10.5. The largest absolute Gasteiger partial charge is 0.466 e. The van der Waals surface area contributed by atoms with E-state index < -0.39 is 0 Å². The minimum Gasteiger partial charge on any atom is -0.466 e. The van der Waals surface area contributed by atoms with Gasteiger partial charge in [0.1, 0.15) is 0 Å². The van der Waals surface area contributed by atoms with Crippen molar-refractivity contribution in [2.75, 3.05) is 6.61 Å². The molecule has 0 aliphatic carbocycles. The maximum Gasteiger partial charge on any atom is 0.305 e. The molecule has 0 aromatic carbocycles. The molecule has 0 bridgehead atoms. The quantitative estimate of drug-likeness (QED) is 0.390. The molecule has 0 aliphatic heterocycles. The summed E-state index contributed by atoms with van der Waals surface area (Å²) in [4.78, 5) is 11.4. The van der Waals surface area contributed by atoms with Crippen LogP contribution in [0.2, 0.25) is 0 Å². The number of esters is 1. The third-order valence-corrected chi connectivity index (χ3v) is 4.18. The van der Waals surface area contributed by atoms with E-state index in [0.717, 1.165) is 24.7 Å². The Hall–Kier alpha value is -0.530. The number of carbonyl (C=O) groups excluding carboxylic acids is 1. The van der Waals surface area contributed by atoms with E-state index in [9.17, 15) is 4.79 Å². The number of carbonyl (C=O) groups is 1. The first-order valence-electron chi connectivity index (χ1n) is 9.11. The van der Waals surface area contributed by atoms with Crippen molar-refractivity contribution in [3.63, 3.8) is 0 Å². The van der Waals surface area contributed by atoms with Crippen LogP contribution in [-0.2, 0) is 9.53 Å². The summed E-state index contributed by atoms with van der Waals surface area (Å²) in [7, 11) is 0. The van der Waals surface area contributed by atoms with Gasteiger partial charge in [-0.3, -0.25) is 4.79 Å². The maximum absolute atomic E-state index is 11.4. The number of rotatable bonds is 13. The van der Waals surface area contributed by atoms with Crippen LogP contribution in [-0.4, -0.2) is 12.6 Å². The van der Waals surface area contributed by atoms with Crippen molar-refractivity contribution in [3.8, 4) is 0 Å². The summed E-state index contributed by atoms with van der Waals surface area (Å²) in [5.41, 5.74) is 0. The maximum atomic E-state index is 11.4. The van der Waals surface area contributed by atoms with Gasteiger partial charge in [-0.15, -0.1) is 0 Å². The van der Waals surface area contributed by atoms with E-state index in [1.807, 2.05) is 6.92 Å². The molecule has 0 aromatic heterocycles. The topological polar surface area (TPSA) is 26.3 Å². The van der Waals surface area contributed by atoms with Crippen LogP contribution in [0.4, 0.5) is 0 Å². The first-order valence-corrected chi connectivity index (χ1v) is 9.11. The fraction of sp³-hybridized carbons (Fsp3) is 0.947. The lowest BCUT2D eigenvalue weighted by molar-refractivity contribution is -0.144. The highest BCUT2D eigenvalue weighted by atomic mass is 16.5. The molecule has 0 heterocycles. The minimum atomic E-state index is -0.0225. The van der Waals surface area contributed by atoms with Crippen molar-refractivity contribution in [1.29, 1.82) is 0 Å². The predicted molar refractivity (Wildman–Crippen MR) is 91.4 cm³/mol. The second-order valence-corrected chi connectivity index (χ2v) is 7.23. The fourth-order valence-electron chi connectivity index (χ4n) is 2.63. The minimum absolute atomic E-state index is 0.0225. The number of ether oxygens (including phenoxy) is 1. The van der Waals surface area contributed by atoms with Gasteiger partial charge in [-0.1, -0.05) is 73.1 Å². The van der Waals surface area contributed by atoms with E-state index in [1.54, 1.807) is 0 Å². The van der Waals surface area contributed by atoms with E-state index in [0.29, 0.717) is 18.9 Å². The first kappa shape index (κ1) is 20.5. The second kappa shape index (κ2) is 13.2. The van der Waals surface area contributed by atoms with Gasteiger partial charge in [-0.25, -0.2) is 0 Å². The molecule has 0 amide bonds. The Bertz CT molecular complexity index is 248. The molecule has 0 spiro atoms. The standard InChI is InChI=1S/C19H38O2/c1-6-15-21-19(20)14-13-18(5)12-8-11-17(4)10-7-9-16(2)3/h16-18H,6-15H2,1-5H3. The van der Waals surface area contributed by atoms with Crippen molar-refractivity contribution in [3.05, 3.63) is 0 Å². The Kier molecular flexibility index (Phi) is 12.8. The monoisotopic (exact) mass is 298 g/mol. The molecule has 21 heavy (non-hydrogen) atoms. The zero-order valence-electron chi connectivity index (χ0n) is 15.1. The molecule has 0 N–H and O–H groups in total. The molecule has 2 heteroatoms. The van der Waals surface area contributed by atoms with Crippen molar-refractivity contribution >= 4 is 5.97 Å². The van der Waals surface area contributed by atoms with E-state index in [-0.39, 0.29) is 5.97 Å². The SMILES string of the molecule is CCCOC(=O)CCC(C)CCCC(C)CCCC(C)C. The molecule has 0 saturated carbocycles. The van der Waals surface area contributed by atoms with Gasteiger partial charge in [0.2, 0.25) is 0 Å². The number of hydrogen-bond acceptors (Lipinski definition) is 2. The van der Waals surface area contributed by atoms with Crippen LogP contribution in [0, 0.1) is 17.8 Å². The van der Waals surface area contributed by atoms with Gasteiger partial charge in [-0.05, 0) is 30.6 Å². The Morgan fingerprint density at radius 1 is 0.857 bits per heavy atom. The highest BCUT2D eigenvalue weighted by Crippen LogP contribution is 2.21. The Morgan fingerprint density at radius 3 is 1.90 bits per heavy atom. The average molecular weight is 299 g/mol. The van der Waals surface area contributed by atoms with Gasteiger partial charge >= 0.3 is 5.97 Å². The van der Waals surface area contributed by atoms with Gasteiger partial charge in [0.05, 0.1) is 6.61 Å². The van der Waals surface area contributed by atoms with Crippen LogP contribution >= 0.6 is 0 Å². The van der Waals surface area contributed by atoms with Crippen molar-refractivity contribution in [2.45, 2.75) is 92.4 Å². The molecule has 0 aliphatic rings. The third-order valence-electron chi connectivity index (χ3n) is 4.18. The summed E-state index contributed by atoms with van der Waals surface area (Å²) in [5.74, 6) is 2.31. The zero-order valence-corrected chi connectivity index (χ0v) is 15.1. The molecule has 2 atom stereocenters. The summed E-state index contributed by atoms with van der Waals surface area (Å²) < 4.78 is 5.11. The molecular formula is C19H38O2. The van der Waals surface area contributed by atoms with Crippen molar-refractivity contribution in [1.82, 2.24) is 0 Å². The lowest BCUT2D eigenvalue weighted by Crippen LogP contribution is -2.07. The van der Waals surface area contributed by atoms with Crippen LogP contribution in [0.5, 0.6) is 0 Å². The van der Waals surface area contributed by atoms with Gasteiger partial charge in [-0.2, -0.15) is 0 Å². The molecule has 2 nitrogen and oxygen atoms in total. The molecule has 0 aromatic rings. The average Bonchev–Trinajstić information content (AvgIpc) is 2.42. The molecule has 0 radical (unpaired) electrons. The number of hydrogen-bond donors (Lipinski definition) is 0. The lowest BCUT2D eigenvalue weighted by Gasteiger charge is -2.14. The molecule has 0 saturated heterocycles. The Morgan fingerprint density at radius 2 is 1.38 bits per heavy atom. The summed E-state index contributed by atoms with van der Waals surface area (Å²) in [6.45, 7) is 11.8. The van der Waals surface area contributed by atoms with Crippen molar-refractivity contribution < 1.29 is 9.53 Å². The fourth-order valence-corrected chi connectivity index (χ4v) is 2.63. The van der Waals surface area contributed by atoms with E-state index in [2.05, 4.69) is 27.7 Å². The smallest absolute Gasteiger partial charge is 0.305 e. The normalized spacial score (nSPS) is 14.2. The molecule has 2 unspecified atom stereocenters. The first-order chi connectivity index (χ1) is 9.95. The highest BCUT2D eigenvalue weighted by molar-refractivity contribution is 5.69. The van der Waals surface area contributed by atoms with Gasteiger partial charge < -0.3 is 4.74 Å². The van der Waals surface area contributed by atoms with Crippen LogP contribution in [0.25, 0.3) is 0 Å². The van der Waals surface area contributed by atoms with Crippen LogP contribution in [0.1, 0.15) is 92.4 Å². The molecule has 126 valence electrons. The Balaban J connectivity index is 3.51. The summed E-state index contributed by atoms with van der Waals surface area (Å²) in [6, 6.07) is 0. The lowest BCUT2D eigenvalue weighted by atomic mass is 9.92. The molecular weight excluding hydrogens is 260 g/mol. The van der Waals surface area contributed by atoms with Gasteiger partial charge in [0.15, 0.2) is 0 Å². The predicted octanol–water partition coefficient (Wildman–Crippen LogP) is 5.99. The van der Waals surface area contributed by atoms with Crippen LogP contribution < -0.4 is 0 Å². The van der Waals surface area contributed by atoms with E-state index >= 15 is 0 Å². The Labute approximate surface area is 133 Å². The van der Waals surface area contributed by atoms with E-state index in [4.69, 9.17) is 4.74 Å². The van der Waals surface area contributed by atoms with Crippen LogP contribution in [0.15, 0.2) is 0 Å². The summed E-state index contributed by atoms with van der Waals surface area (Å²) >= 11 is 0. The second-order valence-electron chi connectivity index (χ2n) is 7.23. The molecule has 0 fully saturated rings. The van der Waals surface area contributed by atoms with Crippen molar-refractivity contribution in [2.24, 2.45) is 17.8 Å². The third kappa shape index (κ3) is 14.2.